The number of hydrogen-bond acceptors (Lipinski definition) is 6. The fraction of sp³-hybridized carbons (Fsp3) is 0.350. The Morgan fingerprint density at radius 3 is 2.64 bits per heavy atom. The number of hydrogen-bond donors (Lipinski definition) is 2. The molecule has 148 valence electrons. The van der Waals surface area contributed by atoms with E-state index < -0.39 is 17.8 Å². The molecular formula is C20H22N2O4S2. The Labute approximate surface area is 171 Å². The highest BCUT2D eigenvalue weighted by Gasteiger charge is 2.25. The molecule has 28 heavy (non-hydrogen) atoms. The Balaban J connectivity index is 1.47. The molecule has 0 fully saturated rings. The van der Waals surface area contributed by atoms with E-state index in [0.717, 1.165) is 41.0 Å². The first kappa shape index (κ1) is 20.4. The van der Waals surface area contributed by atoms with E-state index in [1.165, 1.54) is 11.3 Å². The fourth-order valence-electron chi connectivity index (χ4n) is 3.06. The summed E-state index contributed by atoms with van der Waals surface area (Å²) in [6.45, 7) is -0.379. The van der Waals surface area contributed by atoms with Crippen LogP contribution in [-0.2, 0) is 27.2 Å². The molecule has 3 N–H and O–H groups in total. The topological polar surface area (TPSA) is 98.5 Å². The molecule has 2 amide bonds. The third-order valence-electron chi connectivity index (χ3n) is 4.35. The van der Waals surface area contributed by atoms with Crippen molar-refractivity contribution >= 4 is 45.9 Å². The average Bonchev–Trinajstić information content (AvgIpc) is 3.05. The van der Waals surface area contributed by atoms with Crippen LogP contribution in [0.2, 0.25) is 0 Å². The van der Waals surface area contributed by atoms with Crippen molar-refractivity contribution < 1.29 is 19.1 Å². The minimum atomic E-state index is -0.537. The van der Waals surface area contributed by atoms with Gasteiger partial charge in [0.05, 0.1) is 12.0 Å². The molecule has 2 aromatic rings. The van der Waals surface area contributed by atoms with Crippen molar-refractivity contribution in [2.45, 2.75) is 37.0 Å². The number of nitrogens with one attached hydrogen (secondary N) is 1. The molecule has 1 aromatic heterocycles. The minimum absolute atomic E-state index is 0.215. The summed E-state index contributed by atoms with van der Waals surface area (Å²) in [7, 11) is 0. The Morgan fingerprint density at radius 1 is 1.14 bits per heavy atom. The van der Waals surface area contributed by atoms with Crippen molar-refractivity contribution in [3.63, 3.8) is 0 Å². The van der Waals surface area contributed by atoms with Gasteiger partial charge in [0, 0.05) is 15.5 Å². The summed E-state index contributed by atoms with van der Waals surface area (Å²) in [6, 6.07) is 9.76. The van der Waals surface area contributed by atoms with Crippen molar-refractivity contribution in [1.82, 2.24) is 0 Å². The number of amides is 2. The summed E-state index contributed by atoms with van der Waals surface area (Å²) in [5.74, 6) is -0.859. The molecule has 6 nitrogen and oxygen atoms in total. The Morgan fingerprint density at radius 2 is 1.89 bits per heavy atom. The number of nitrogens with two attached hydrogens (primary N) is 1. The van der Waals surface area contributed by atoms with Crippen LogP contribution >= 0.6 is 23.1 Å². The van der Waals surface area contributed by atoms with Gasteiger partial charge in [-0.1, -0.05) is 18.2 Å². The Kier molecular flexibility index (Phi) is 7.11. The first-order valence-electron chi connectivity index (χ1n) is 9.12. The Hall–Kier alpha value is -2.32. The number of esters is 1. The van der Waals surface area contributed by atoms with Crippen LogP contribution in [-0.4, -0.2) is 30.1 Å². The van der Waals surface area contributed by atoms with Gasteiger partial charge >= 0.3 is 5.97 Å². The number of rotatable bonds is 8. The largest absolute Gasteiger partial charge is 0.456 e. The van der Waals surface area contributed by atoms with Crippen molar-refractivity contribution in [1.29, 1.82) is 0 Å². The zero-order valence-electron chi connectivity index (χ0n) is 15.4. The second-order valence-electron chi connectivity index (χ2n) is 6.40. The zero-order valence-corrected chi connectivity index (χ0v) is 17.0. The number of ether oxygens (including phenoxy) is 1. The van der Waals surface area contributed by atoms with Gasteiger partial charge in [0.15, 0.2) is 6.61 Å². The third kappa shape index (κ3) is 5.36. The van der Waals surface area contributed by atoms with Crippen LogP contribution in [0.15, 0.2) is 35.2 Å². The maximum Gasteiger partial charge on any atom is 0.307 e. The second kappa shape index (κ2) is 9.75. The zero-order chi connectivity index (χ0) is 19.9. The van der Waals surface area contributed by atoms with Crippen LogP contribution in [0.4, 0.5) is 5.00 Å². The molecule has 1 heterocycles. The molecule has 0 saturated carbocycles. The third-order valence-corrected chi connectivity index (χ3v) is 6.57. The summed E-state index contributed by atoms with van der Waals surface area (Å²) >= 11 is 2.94. The van der Waals surface area contributed by atoms with Gasteiger partial charge < -0.3 is 15.8 Å². The van der Waals surface area contributed by atoms with Crippen molar-refractivity contribution in [2.24, 2.45) is 5.73 Å². The molecule has 0 radical (unpaired) electrons. The van der Waals surface area contributed by atoms with Crippen LogP contribution in [0.5, 0.6) is 0 Å². The summed E-state index contributed by atoms with van der Waals surface area (Å²) in [6.07, 6.45) is 3.98. The lowest BCUT2D eigenvalue weighted by Gasteiger charge is -2.11. The normalized spacial score (nSPS) is 12.9. The molecule has 1 aliphatic rings. The summed E-state index contributed by atoms with van der Waals surface area (Å²) < 4.78 is 5.04. The molecule has 0 bridgehead atoms. The van der Waals surface area contributed by atoms with Crippen LogP contribution in [0.25, 0.3) is 0 Å². The van der Waals surface area contributed by atoms with E-state index in [2.05, 4.69) is 5.32 Å². The molecule has 0 saturated heterocycles. The quantitative estimate of drug-likeness (QED) is 0.506. The lowest BCUT2D eigenvalue weighted by molar-refractivity contribution is -0.146. The van der Waals surface area contributed by atoms with Gasteiger partial charge in [0.2, 0.25) is 0 Å². The standard InChI is InChI=1S/C20H22N2O4S2/c21-19(25)18-14-8-4-5-9-15(14)28-20(18)22-16(23)12-26-17(24)10-11-27-13-6-2-1-3-7-13/h1-3,6-7H,4-5,8-12H2,(H2,21,25)(H,22,23). The fourth-order valence-corrected chi connectivity index (χ4v) is 5.23. The van der Waals surface area contributed by atoms with Crippen molar-refractivity contribution in [2.75, 3.05) is 17.7 Å². The van der Waals surface area contributed by atoms with Gasteiger partial charge in [-0.15, -0.1) is 23.1 Å². The lowest BCUT2D eigenvalue weighted by atomic mass is 9.95. The first-order valence-corrected chi connectivity index (χ1v) is 10.9. The monoisotopic (exact) mass is 418 g/mol. The molecule has 3 rings (SSSR count). The van der Waals surface area contributed by atoms with E-state index in [1.807, 2.05) is 30.3 Å². The molecule has 1 aliphatic carbocycles. The molecular weight excluding hydrogens is 396 g/mol. The van der Waals surface area contributed by atoms with Crippen molar-refractivity contribution in [3.8, 4) is 0 Å². The molecule has 1 aromatic carbocycles. The van der Waals surface area contributed by atoms with E-state index in [4.69, 9.17) is 10.5 Å². The highest BCUT2D eigenvalue weighted by atomic mass is 32.2. The van der Waals surface area contributed by atoms with Crippen LogP contribution in [0.1, 0.15) is 40.1 Å². The number of benzene rings is 1. The Bertz CT molecular complexity index is 865. The molecule has 0 aliphatic heterocycles. The van der Waals surface area contributed by atoms with Crippen LogP contribution in [0.3, 0.4) is 0 Å². The number of aryl methyl sites for hydroxylation is 1. The van der Waals surface area contributed by atoms with E-state index >= 15 is 0 Å². The van der Waals surface area contributed by atoms with Gasteiger partial charge in [0.25, 0.3) is 11.8 Å². The number of anilines is 1. The number of thioether (sulfide) groups is 1. The molecule has 0 spiro atoms. The number of carbonyl (C=O) groups is 3. The van der Waals surface area contributed by atoms with Crippen LogP contribution < -0.4 is 11.1 Å². The van der Waals surface area contributed by atoms with Gasteiger partial charge in [-0.3, -0.25) is 14.4 Å². The van der Waals surface area contributed by atoms with E-state index in [9.17, 15) is 14.4 Å². The summed E-state index contributed by atoms with van der Waals surface area (Å²) in [4.78, 5) is 38.0. The van der Waals surface area contributed by atoms with E-state index in [0.29, 0.717) is 16.3 Å². The number of fused-ring (bicyclic) bond motifs is 1. The van der Waals surface area contributed by atoms with Crippen LogP contribution in [0, 0.1) is 0 Å². The summed E-state index contributed by atoms with van der Waals surface area (Å²) in [5.41, 5.74) is 6.87. The lowest BCUT2D eigenvalue weighted by Crippen LogP contribution is -2.23. The predicted octanol–water partition coefficient (Wildman–Crippen LogP) is 3.39. The molecule has 0 atom stereocenters. The van der Waals surface area contributed by atoms with Gasteiger partial charge in [0.1, 0.15) is 5.00 Å². The first-order chi connectivity index (χ1) is 13.5. The average molecular weight is 419 g/mol. The highest BCUT2D eigenvalue weighted by molar-refractivity contribution is 7.99. The van der Waals surface area contributed by atoms with E-state index in [1.54, 1.807) is 11.8 Å². The SMILES string of the molecule is NC(=O)c1c(NC(=O)COC(=O)CCSc2ccccc2)sc2c1CCCC2. The number of thiophene rings is 1. The second-order valence-corrected chi connectivity index (χ2v) is 8.67. The van der Waals surface area contributed by atoms with Gasteiger partial charge in [-0.25, -0.2) is 0 Å². The van der Waals surface area contributed by atoms with E-state index in [-0.39, 0.29) is 13.0 Å². The maximum atomic E-state index is 12.2. The number of carbonyl (C=O) groups excluding carboxylic acids is 3. The van der Waals surface area contributed by atoms with Gasteiger partial charge in [-0.2, -0.15) is 0 Å². The van der Waals surface area contributed by atoms with Gasteiger partial charge in [-0.05, 0) is 43.4 Å². The van der Waals surface area contributed by atoms with Crippen molar-refractivity contribution in [3.05, 3.63) is 46.3 Å². The molecule has 8 heteroatoms. The highest BCUT2D eigenvalue weighted by Crippen LogP contribution is 2.37. The number of primary amides is 1. The molecule has 0 unspecified atom stereocenters. The predicted molar refractivity (Wildman–Crippen MR) is 111 cm³/mol. The minimum Gasteiger partial charge on any atom is -0.456 e. The smallest absolute Gasteiger partial charge is 0.307 e. The summed E-state index contributed by atoms with van der Waals surface area (Å²) in [5, 5.41) is 3.14. The maximum absolute atomic E-state index is 12.2.